The van der Waals surface area contributed by atoms with E-state index in [1.165, 1.54) is 90.3 Å². The predicted octanol–water partition coefficient (Wildman–Crippen LogP) is 4.22. The summed E-state index contributed by atoms with van der Waals surface area (Å²) in [6.07, 6.45) is 15.2. The highest BCUT2D eigenvalue weighted by molar-refractivity contribution is 4.71. The highest BCUT2D eigenvalue weighted by Gasteiger charge is 2.17. The first kappa shape index (κ1) is 17.0. The quantitative estimate of drug-likeness (QED) is 0.568. The average Bonchev–Trinajstić information content (AvgIpc) is 2.46. The van der Waals surface area contributed by atoms with E-state index in [1.807, 2.05) is 0 Å². The van der Waals surface area contributed by atoms with Crippen LogP contribution in [0.2, 0.25) is 0 Å². The molecule has 2 nitrogen and oxygen atoms in total. The Hall–Kier alpha value is -0.0800. The molecular formula is C17H35NO. The fraction of sp³-hybridized carbons (Fsp3) is 1.00. The smallest absolute Gasteiger partial charge is 0.0460 e. The van der Waals surface area contributed by atoms with Gasteiger partial charge in [-0.15, -0.1) is 0 Å². The SMILES string of the molecule is CCCCCCCCCCCN1CCC(CO)CC1. The molecule has 2 heteroatoms. The zero-order chi connectivity index (χ0) is 13.8. The van der Waals surface area contributed by atoms with Gasteiger partial charge >= 0.3 is 0 Å². The third-order valence-electron chi connectivity index (χ3n) is 4.54. The van der Waals surface area contributed by atoms with Crippen LogP contribution in [0.1, 0.15) is 77.6 Å². The van der Waals surface area contributed by atoms with Crippen molar-refractivity contribution in [1.29, 1.82) is 0 Å². The van der Waals surface area contributed by atoms with Gasteiger partial charge in [0.05, 0.1) is 0 Å². The molecule has 0 aromatic heterocycles. The molecule has 0 aromatic carbocycles. The average molecular weight is 269 g/mol. The molecule has 0 unspecified atom stereocenters. The molecule has 0 atom stereocenters. The summed E-state index contributed by atoms with van der Waals surface area (Å²) in [4.78, 5) is 2.59. The van der Waals surface area contributed by atoms with Gasteiger partial charge in [0.1, 0.15) is 0 Å². The summed E-state index contributed by atoms with van der Waals surface area (Å²) in [6, 6.07) is 0. The third kappa shape index (κ3) is 8.65. The molecule has 0 amide bonds. The summed E-state index contributed by atoms with van der Waals surface area (Å²) in [5.41, 5.74) is 0. The van der Waals surface area contributed by atoms with Crippen LogP contribution in [0.4, 0.5) is 0 Å². The van der Waals surface area contributed by atoms with Crippen molar-refractivity contribution in [2.75, 3.05) is 26.2 Å². The Labute approximate surface area is 120 Å². The van der Waals surface area contributed by atoms with Gasteiger partial charge in [0.15, 0.2) is 0 Å². The van der Waals surface area contributed by atoms with Crippen LogP contribution in [-0.4, -0.2) is 36.2 Å². The van der Waals surface area contributed by atoms with Crippen LogP contribution < -0.4 is 0 Å². The second-order valence-electron chi connectivity index (χ2n) is 6.30. The van der Waals surface area contributed by atoms with Gasteiger partial charge in [-0.1, -0.05) is 58.3 Å². The number of aliphatic hydroxyl groups excluding tert-OH is 1. The lowest BCUT2D eigenvalue weighted by atomic mass is 9.97. The maximum atomic E-state index is 9.11. The predicted molar refractivity (Wildman–Crippen MR) is 83.5 cm³/mol. The van der Waals surface area contributed by atoms with E-state index in [-0.39, 0.29) is 0 Å². The lowest BCUT2D eigenvalue weighted by molar-refractivity contribution is 0.130. The number of piperidine rings is 1. The van der Waals surface area contributed by atoms with Crippen molar-refractivity contribution in [3.63, 3.8) is 0 Å². The standard InChI is InChI=1S/C17H35NO/c1-2-3-4-5-6-7-8-9-10-13-18-14-11-17(16-19)12-15-18/h17,19H,2-16H2,1H3. The van der Waals surface area contributed by atoms with E-state index >= 15 is 0 Å². The Kier molecular flexibility index (Phi) is 10.5. The zero-order valence-electron chi connectivity index (χ0n) is 13.1. The number of hydrogen-bond acceptors (Lipinski definition) is 2. The maximum absolute atomic E-state index is 9.11. The summed E-state index contributed by atoms with van der Waals surface area (Å²) in [6.45, 7) is 6.38. The summed E-state index contributed by atoms with van der Waals surface area (Å²) in [5.74, 6) is 0.583. The Morgan fingerprint density at radius 1 is 0.842 bits per heavy atom. The molecule has 1 heterocycles. The maximum Gasteiger partial charge on any atom is 0.0460 e. The molecule has 0 radical (unpaired) electrons. The Morgan fingerprint density at radius 3 is 1.89 bits per heavy atom. The molecule has 1 fully saturated rings. The van der Waals surface area contributed by atoms with Crippen molar-refractivity contribution < 1.29 is 5.11 Å². The normalized spacial score (nSPS) is 18.0. The lowest BCUT2D eigenvalue weighted by Gasteiger charge is -2.30. The van der Waals surface area contributed by atoms with Crippen molar-refractivity contribution in [2.45, 2.75) is 77.6 Å². The number of unbranched alkanes of at least 4 members (excludes halogenated alkanes) is 8. The number of likely N-dealkylation sites (tertiary alicyclic amines) is 1. The van der Waals surface area contributed by atoms with Gasteiger partial charge in [0.2, 0.25) is 0 Å². The van der Waals surface area contributed by atoms with Gasteiger partial charge in [0, 0.05) is 6.61 Å². The van der Waals surface area contributed by atoms with Crippen LogP contribution in [-0.2, 0) is 0 Å². The summed E-state index contributed by atoms with van der Waals surface area (Å²) >= 11 is 0. The third-order valence-corrected chi connectivity index (χ3v) is 4.54. The molecule has 1 aliphatic rings. The van der Waals surface area contributed by atoms with Crippen molar-refractivity contribution >= 4 is 0 Å². The van der Waals surface area contributed by atoms with Gasteiger partial charge in [0.25, 0.3) is 0 Å². The molecule has 19 heavy (non-hydrogen) atoms. The molecule has 0 bridgehead atoms. The van der Waals surface area contributed by atoms with Crippen LogP contribution in [0.3, 0.4) is 0 Å². The fourth-order valence-corrected chi connectivity index (χ4v) is 3.04. The molecule has 114 valence electrons. The first-order valence-electron chi connectivity index (χ1n) is 8.70. The molecular weight excluding hydrogens is 234 g/mol. The van der Waals surface area contributed by atoms with E-state index in [9.17, 15) is 0 Å². The number of hydrogen-bond donors (Lipinski definition) is 1. The first-order chi connectivity index (χ1) is 9.36. The molecule has 1 saturated heterocycles. The van der Waals surface area contributed by atoms with Crippen LogP contribution in [0.15, 0.2) is 0 Å². The Bertz CT molecular complexity index is 188. The van der Waals surface area contributed by atoms with Gasteiger partial charge < -0.3 is 10.0 Å². The molecule has 0 saturated carbocycles. The van der Waals surface area contributed by atoms with Crippen molar-refractivity contribution in [3.8, 4) is 0 Å². The highest BCUT2D eigenvalue weighted by Crippen LogP contribution is 2.17. The van der Waals surface area contributed by atoms with E-state index in [2.05, 4.69) is 11.8 Å². The second-order valence-corrected chi connectivity index (χ2v) is 6.30. The second kappa shape index (κ2) is 11.7. The molecule has 0 spiro atoms. The van der Waals surface area contributed by atoms with Gasteiger partial charge in [-0.05, 0) is 44.8 Å². The largest absolute Gasteiger partial charge is 0.396 e. The van der Waals surface area contributed by atoms with E-state index in [1.54, 1.807) is 0 Å². The van der Waals surface area contributed by atoms with Gasteiger partial charge in [-0.3, -0.25) is 0 Å². The molecule has 0 aliphatic carbocycles. The Morgan fingerprint density at radius 2 is 1.37 bits per heavy atom. The van der Waals surface area contributed by atoms with E-state index < -0.39 is 0 Å². The van der Waals surface area contributed by atoms with Crippen molar-refractivity contribution in [3.05, 3.63) is 0 Å². The van der Waals surface area contributed by atoms with E-state index in [4.69, 9.17) is 5.11 Å². The molecule has 1 aliphatic heterocycles. The molecule has 0 aromatic rings. The minimum atomic E-state index is 0.395. The molecule has 1 rings (SSSR count). The molecule has 1 N–H and O–H groups in total. The minimum Gasteiger partial charge on any atom is -0.396 e. The highest BCUT2D eigenvalue weighted by atomic mass is 16.3. The number of nitrogens with zero attached hydrogens (tertiary/aromatic N) is 1. The van der Waals surface area contributed by atoms with Crippen molar-refractivity contribution in [1.82, 2.24) is 4.90 Å². The van der Waals surface area contributed by atoms with E-state index in [0.717, 1.165) is 0 Å². The van der Waals surface area contributed by atoms with Crippen LogP contribution >= 0.6 is 0 Å². The van der Waals surface area contributed by atoms with Crippen LogP contribution in [0, 0.1) is 5.92 Å². The summed E-state index contributed by atoms with van der Waals surface area (Å²) < 4.78 is 0. The summed E-state index contributed by atoms with van der Waals surface area (Å²) in [7, 11) is 0. The Balaban J connectivity index is 1.81. The van der Waals surface area contributed by atoms with Crippen LogP contribution in [0.5, 0.6) is 0 Å². The number of aliphatic hydroxyl groups is 1. The lowest BCUT2D eigenvalue weighted by Crippen LogP contribution is -2.35. The fourth-order valence-electron chi connectivity index (χ4n) is 3.04. The van der Waals surface area contributed by atoms with E-state index in [0.29, 0.717) is 12.5 Å². The number of rotatable bonds is 11. The van der Waals surface area contributed by atoms with Crippen LogP contribution in [0.25, 0.3) is 0 Å². The van der Waals surface area contributed by atoms with Gasteiger partial charge in [-0.25, -0.2) is 0 Å². The summed E-state index contributed by atoms with van der Waals surface area (Å²) in [5, 5.41) is 9.11. The zero-order valence-corrected chi connectivity index (χ0v) is 13.1. The topological polar surface area (TPSA) is 23.5 Å². The monoisotopic (exact) mass is 269 g/mol. The first-order valence-corrected chi connectivity index (χ1v) is 8.70. The minimum absolute atomic E-state index is 0.395. The van der Waals surface area contributed by atoms with Crippen molar-refractivity contribution in [2.24, 2.45) is 5.92 Å². The van der Waals surface area contributed by atoms with Gasteiger partial charge in [-0.2, -0.15) is 0 Å².